The number of aromatic nitrogens is 2. The van der Waals surface area contributed by atoms with Crippen molar-refractivity contribution in [3.63, 3.8) is 0 Å². The van der Waals surface area contributed by atoms with E-state index in [0.29, 0.717) is 50.4 Å². The van der Waals surface area contributed by atoms with Crippen molar-refractivity contribution in [2.45, 2.75) is 36.4 Å². The molecule has 3 aromatic carbocycles. The monoisotopic (exact) mass is 673 g/mol. The van der Waals surface area contributed by atoms with Crippen molar-refractivity contribution in [1.82, 2.24) is 10.2 Å². The molecule has 0 bridgehead atoms. The molecule has 1 N–H and O–H groups in total. The molecule has 0 radical (unpaired) electrons. The van der Waals surface area contributed by atoms with Gasteiger partial charge in [0.05, 0.1) is 24.8 Å². The number of aliphatic hydroxyl groups is 1. The number of aliphatic hydroxyl groups excluding tert-OH is 1. The van der Waals surface area contributed by atoms with Crippen LogP contribution in [0.15, 0.2) is 70.6 Å². The Morgan fingerprint density at radius 1 is 1.02 bits per heavy atom. The molecule has 1 saturated heterocycles. The maximum atomic E-state index is 13.7. The van der Waals surface area contributed by atoms with Gasteiger partial charge in [0, 0.05) is 21.4 Å². The Morgan fingerprint density at radius 2 is 1.80 bits per heavy atom. The molecule has 44 heavy (non-hydrogen) atoms. The molecule has 4 aromatic rings. The Balaban J connectivity index is 1.57. The normalized spacial score (nSPS) is 16.0. The number of benzene rings is 3. The molecule has 1 amide bonds. The molecular formula is C31H26Cl2FN3O5S2. The molecule has 5 rings (SSSR count). The van der Waals surface area contributed by atoms with Crippen molar-refractivity contribution in [2.24, 2.45) is 0 Å². The second-order valence-electron chi connectivity index (χ2n) is 9.54. The van der Waals surface area contributed by atoms with Crippen molar-refractivity contribution in [2.75, 3.05) is 18.1 Å². The SMILES string of the molecule is CCCOc1ccc(C2/C(=C(\O)c3ccc(F)cc3)C(=O)C(=O)N2c2nnc(SCc3ccc(Cl)cc3Cl)s2)cc1OCC. The number of nitrogens with zero attached hydrogens (tertiary/aromatic N) is 3. The lowest BCUT2D eigenvalue weighted by Gasteiger charge is -2.23. The zero-order valence-electron chi connectivity index (χ0n) is 23.6. The second kappa shape index (κ2) is 14.0. The van der Waals surface area contributed by atoms with Gasteiger partial charge in [-0.3, -0.25) is 14.5 Å². The highest BCUT2D eigenvalue weighted by Gasteiger charge is 2.48. The van der Waals surface area contributed by atoms with Gasteiger partial charge in [-0.05, 0) is 73.0 Å². The van der Waals surface area contributed by atoms with Gasteiger partial charge in [0.25, 0.3) is 5.78 Å². The van der Waals surface area contributed by atoms with E-state index in [9.17, 15) is 19.1 Å². The van der Waals surface area contributed by atoms with Crippen LogP contribution in [0, 0.1) is 5.82 Å². The number of ketones is 1. The summed E-state index contributed by atoms with van der Waals surface area (Å²) < 4.78 is 25.9. The van der Waals surface area contributed by atoms with Gasteiger partial charge in [-0.1, -0.05) is 65.4 Å². The summed E-state index contributed by atoms with van der Waals surface area (Å²) in [6.07, 6.45) is 0.784. The second-order valence-corrected chi connectivity index (χ2v) is 12.6. The first kappa shape index (κ1) is 31.8. The molecule has 1 unspecified atom stereocenters. The van der Waals surface area contributed by atoms with Crippen LogP contribution in [-0.4, -0.2) is 40.2 Å². The first-order chi connectivity index (χ1) is 21.2. The minimum absolute atomic E-state index is 0.157. The summed E-state index contributed by atoms with van der Waals surface area (Å²) in [6, 6.07) is 14.2. The minimum atomic E-state index is -1.09. The number of halogens is 3. The van der Waals surface area contributed by atoms with Gasteiger partial charge in [0.15, 0.2) is 15.8 Å². The molecule has 0 aliphatic carbocycles. The number of thioether (sulfide) groups is 1. The van der Waals surface area contributed by atoms with Crippen LogP contribution in [0.2, 0.25) is 10.0 Å². The zero-order chi connectivity index (χ0) is 31.4. The van der Waals surface area contributed by atoms with Crippen molar-refractivity contribution < 1.29 is 28.6 Å². The van der Waals surface area contributed by atoms with E-state index in [1.54, 1.807) is 30.3 Å². The number of amides is 1. The molecule has 0 saturated carbocycles. The summed E-state index contributed by atoms with van der Waals surface area (Å²) in [5.74, 6) is -1.38. The number of hydrogen-bond acceptors (Lipinski definition) is 9. The zero-order valence-corrected chi connectivity index (χ0v) is 26.7. The highest BCUT2D eigenvalue weighted by molar-refractivity contribution is 8.00. The van der Waals surface area contributed by atoms with Crippen molar-refractivity contribution in [3.05, 3.63) is 98.8 Å². The molecule has 8 nitrogen and oxygen atoms in total. The fourth-order valence-corrected chi connectivity index (χ4v) is 6.97. The first-order valence-corrected chi connectivity index (χ1v) is 16.1. The lowest BCUT2D eigenvalue weighted by atomic mass is 9.95. The summed E-state index contributed by atoms with van der Waals surface area (Å²) in [6.45, 7) is 4.62. The van der Waals surface area contributed by atoms with Crippen LogP contribution in [0.1, 0.15) is 43.0 Å². The number of ether oxygens (including phenoxy) is 2. The summed E-state index contributed by atoms with van der Waals surface area (Å²) in [7, 11) is 0. The van der Waals surface area contributed by atoms with Gasteiger partial charge in [-0.25, -0.2) is 4.39 Å². The maximum absolute atomic E-state index is 13.7. The third-order valence-corrected chi connectivity index (χ3v) is 9.27. The molecule has 13 heteroatoms. The smallest absolute Gasteiger partial charge is 0.301 e. The molecule has 228 valence electrons. The van der Waals surface area contributed by atoms with Crippen LogP contribution in [0.25, 0.3) is 5.76 Å². The quantitative estimate of drug-likeness (QED) is 0.0560. The maximum Gasteiger partial charge on any atom is 0.301 e. The molecule has 1 fully saturated rings. The van der Waals surface area contributed by atoms with Gasteiger partial charge in [-0.15, -0.1) is 10.2 Å². The molecule has 1 aliphatic rings. The van der Waals surface area contributed by atoms with Crippen LogP contribution < -0.4 is 14.4 Å². The first-order valence-electron chi connectivity index (χ1n) is 13.6. The fraction of sp³-hybridized carbons (Fsp3) is 0.226. The van der Waals surface area contributed by atoms with E-state index in [2.05, 4.69) is 10.2 Å². The third kappa shape index (κ3) is 6.71. The lowest BCUT2D eigenvalue weighted by Crippen LogP contribution is -2.29. The van der Waals surface area contributed by atoms with Crippen LogP contribution >= 0.6 is 46.3 Å². The number of Topliss-reactive ketones (excluding diaryl/α,β-unsaturated/α-hetero) is 1. The van der Waals surface area contributed by atoms with E-state index < -0.39 is 29.3 Å². The summed E-state index contributed by atoms with van der Waals surface area (Å²) >= 11 is 14.8. The van der Waals surface area contributed by atoms with Gasteiger partial charge in [0.2, 0.25) is 5.13 Å². The Labute approximate surface area is 271 Å². The number of hydrogen-bond donors (Lipinski definition) is 1. The van der Waals surface area contributed by atoms with E-state index in [4.69, 9.17) is 32.7 Å². The van der Waals surface area contributed by atoms with E-state index in [1.165, 1.54) is 28.8 Å². The highest BCUT2D eigenvalue weighted by Crippen LogP contribution is 2.46. The van der Waals surface area contributed by atoms with Crippen LogP contribution in [0.3, 0.4) is 0 Å². The minimum Gasteiger partial charge on any atom is -0.507 e. The van der Waals surface area contributed by atoms with Crippen LogP contribution in [0.5, 0.6) is 11.5 Å². The van der Waals surface area contributed by atoms with Gasteiger partial charge < -0.3 is 14.6 Å². The largest absolute Gasteiger partial charge is 0.507 e. The van der Waals surface area contributed by atoms with E-state index in [-0.39, 0.29) is 16.3 Å². The van der Waals surface area contributed by atoms with E-state index >= 15 is 0 Å². The van der Waals surface area contributed by atoms with Crippen molar-refractivity contribution in [3.8, 4) is 11.5 Å². The standard InChI is InChI=1S/C31H26Cl2FN3O5S2/c1-3-13-42-23-12-8-18(14-24(23)41-4-2)26-25(27(38)17-6-10-21(34)11-7-17)28(39)29(40)37(26)30-35-36-31(44-30)43-16-19-5-9-20(32)15-22(19)33/h5-12,14-15,26,38H,3-4,13,16H2,1-2H3/b27-25+. The predicted octanol–water partition coefficient (Wildman–Crippen LogP) is 8.09. The number of carbonyl (C=O) groups is 2. The van der Waals surface area contributed by atoms with Crippen LogP contribution in [0.4, 0.5) is 9.52 Å². The lowest BCUT2D eigenvalue weighted by molar-refractivity contribution is -0.132. The summed E-state index contributed by atoms with van der Waals surface area (Å²) in [4.78, 5) is 28.3. The Bertz CT molecular complexity index is 1730. The summed E-state index contributed by atoms with van der Waals surface area (Å²) in [5.41, 5.74) is 1.31. The topological polar surface area (TPSA) is 102 Å². The van der Waals surface area contributed by atoms with Crippen molar-refractivity contribution >= 4 is 68.9 Å². The number of anilines is 1. The van der Waals surface area contributed by atoms with E-state index in [0.717, 1.165) is 35.5 Å². The van der Waals surface area contributed by atoms with Crippen molar-refractivity contribution in [1.29, 1.82) is 0 Å². The highest BCUT2D eigenvalue weighted by atomic mass is 35.5. The third-order valence-electron chi connectivity index (χ3n) is 6.58. The van der Waals surface area contributed by atoms with Gasteiger partial charge in [-0.2, -0.15) is 0 Å². The average molecular weight is 675 g/mol. The molecule has 1 aliphatic heterocycles. The fourth-order valence-electron chi connectivity index (χ4n) is 4.54. The van der Waals surface area contributed by atoms with Gasteiger partial charge in [0.1, 0.15) is 11.6 Å². The van der Waals surface area contributed by atoms with Crippen LogP contribution in [-0.2, 0) is 15.3 Å². The Kier molecular flexibility index (Phi) is 10.1. The molecule has 1 aromatic heterocycles. The molecule has 2 heterocycles. The predicted molar refractivity (Wildman–Crippen MR) is 171 cm³/mol. The number of rotatable bonds is 11. The number of carbonyl (C=O) groups excluding carboxylic acids is 2. The summed E-state index contributed by atoms with van der Waals surface area (Å²) in [5, 5.41) is 21.0. The Morgan fingerprint density at radius 3 is 2.50 bits per heavy atom. The molecule has 0 spiro atoms. The van der Waals surface area contributed by atoms with Gasteiger partial charge >= 0.3 is 5.91 Å². The van der Waals surface area contributed by atoms with E-state index in [1.807, 2.05) is 19.9 Å². The average Bonchev–Trinajstić information content (AvgIpc) is 3.58. The molecule has 1 atom stereocenters. The Hall–Kier alpha value is -3.64. The molecular weight excluding hydrogens is 648 g/mol.